The third kappa shape index (κ3) is 15.9. The molecule has 6 rings (SSSR count). The second kappa shape index (κ2) is 26.5. The Morgan fingerprint density at radius 3 is 1.21 bits per heavy atom. The maximum atomic E-state index is 10.5. The Balaban J connectivity index is 0.000000282. The molecule has 1 N–H and O–H groups in total. The van der Waals surface area contributed by atoms with Gasteiger partial charge in [-0.1, -0.05) is 151 Å². The minimum absolute atomic E-state index is 0.0134. The molecule has 2 unspecified atom stereocenters. The lowest BCUT2D eigenvalue weighted by atomic mass is 9.69. The van der Waals surface area contributed by atoms with Crippen molar-refractivity contribution in [3.05, 3.63) is 128 Å². The molecule has 7 heteroatoms. The fourth-order valence-electron chi connectivity index (χ4n) is 11.4. The summed E-state index contributed by atoms with van der Waals surface area (Å²) < 4.78 is 30.8. The highest BCUT2D eigenvalue weighted by Gasteiger charge is 2.42. The van der Waals surface area contributed by atoms with E-state index in [1.54, 1.807) is 0 Å². The third-order valence-electron chi connectivity index (χ3n) is 18.1. The van der Waals surface area contributed by atoms with Crippen LogP contribution in [-0.2, 0) is 37.6 Å². The standard InChI is InChI=1S/C37H60O3Si.C31H46O3/c1-13-37(14-2,31-20-21-33(28(4)25-31)39-26-32-16-15-23-38-32)30-19-17-29(27(3)24-30)18-22-34(35(5,6)7)40-41(11,12)36(8,9)10;1-8-31(9-2,25-14-12-24(22(3)19-25)13-17-29(32)30(5,6)7)26-15-16-28(23(4)20-26)34-21-27-11-10-18-33-27/h17,19-21,24-25,32,34H,13-16,18,22-23,26H2,1-12H3;12,14-16,19-20,27,29,32H,8-11,13,17-18,21H2,1-7H3/t32-,34?;27-,29?/m00/s1. The average molecular weight is 1050 g/mol. The summed E-state index contributed by atoms with van der Waals surface area (Å²) in [7, 11) is -1.85. The summed E-state index contributed by atoms with van der Waals surface area (Å²) in [5.41, 5.74) is 13.4. The van der Waals surface area contributed by atoms with Crippen LogP contribution in [0, 0.1) is 38.5 Å². The lowest BCUT2D eigenvalue weighted by molar-refractivity contribution is 0.0559. The molecule has 2 fully saturated rings. The fraction of sp³-hybridized carbons (Fsp3) is 0.647. The molecule has 418 valence electrons. The summed E-state index contributed by atoms with van der Waals surface area (Å²) in [5.74, 6) is 1.94. The first-order chi connectivity index (χ1) is 35.1. The predicted octanol–water partition coefficient (Wildman–Crippen LogP) is 17.6. The first-order valence-corrected chi connectivity index (χ1v) is 32.3. The van der Waals surface area contributed by atoms with Gasteiger partial charge in [-0.05, 0) is 201 Å². The van der Waals surface area contributed by atoms with Gasteiger partial charge in [-0.15, -0.1) is 0 Å². The highest BCUT2D eigenvalue weighted by molar-refractivity contribution is 6.74. The molecule has 2 saturated heterocycles. The second-order valence-corrected chi connectivity index (χ2v) is 31.2. The number of aliphatic hydroxyl groups excluding tert-OH is 1. The molecule has 2 aliphatic rings. The Labute approximate surface area is 460 Å². The third-order valence-corrected chi connectivity index (χ3v) is 22.6. The largest absolute Gasteiger partial charge is 0.491 e. The van der Waals surface area contributed by atoms with E-state index >= 15 is 0 Å². The molecule has 2 heterocycles. The molecular weight excluding hydrogens is 941 g/mol. The number of hydrogen-bond donors (Lipinski definition) is 1. The van der Waals surface area contributed by atoms with Crippen molar-refractivity contribution in [2.24, 2.45) is 10.8 Å². The molecule has 4 atom stereocenters. The van der Waals surface area contributed by atoms with E-state index in [0.29, 0.717) is 13.2 Å². The van der Waals surface area contributed by atoms with Gasteiger partial charge < -0.3 is 28.5 Å². The minimum atomic E-state index is -1.85. The Kier molecular flexibility index (Phi) is 22.0. The van der Waals surface area contributed by atoms with Crippen LogP contribution in [0.15, 0.2) is 72.8 Å². The molecule has 0 aliphatic carbocycles. The zero-order valence-corrected chi connectivity index (χ0v) is 52.0. The molecule has 2 aliphatic heterocycles. The van der Waals surface area contributed by atoms with Crippen molar-refractivity contribution in [2.45, 2.75) is 248 Å². The van der Waals surface area contributed by atoms with E-state index in [-0.39, 0.29) is 51.1 Å². The number of rotatable bonds is 22. The van der Waals surface area contributed by atoms with Crippen LogP contribution in [0.2, 0.25) is 18.1 Å². The van der Waals surface area contributed by atoms with Crippen molar-refractivity contribution in [1.82, 2.24) is 0 Å². The van der Waals surface area contributed by atoms with Gasteiger partial charge in [-0.3, -0.25) is 0 Å². The van der Waals surface area contributed by atoms with Crippen LogP contribution in [0.4, 0.5) is 0 Å². The van der Waals surface area contributed by atoms with Crippen LogP contribution < -0.4 is 9.47 Å². The molecule has 4 aromatic rings. The van der Waals surface area contributed by atoms with Gasteiger partial charge in [-0.2, -0.15) is 0 Å². The predicted molar refractivity (Wildman–Crippen MR) is 320 cm³/mol. The van der Waals surface area contributed by atoms with Gasteiger partial charge in [0.05, 0.1) is 24.4 Å². The van der Waals surface area contributed by atoms with E-state index in [4.69, 9.17) is 23.4 Å². The van der Waals surface area contributed by atoms with Crippen molar-refractivity contribution in [2.75, 3.05) is 26.4 Å². The van der Waals surface area contributed by atoms with Crippen LogP contribution in [0.1, 0.15) is 210 Å². The fourth-order valence-corrected chi connectivity index (χ4v) is 12.9. The van der Waals surface area contributed by atoms with E-state index in [0.717, 1.165) is 102 Å². The van der Waals surface area contributed by atoms with E-state index in [9.17, 15) is 5.11 Å². The van der Waals surface area contributed by atoms with Crippen molar-refractivity contribution in [3.63, 3.8) is 0 Å². The molecule has 4 aromatic carbocycles. The lowest BCUT2D eigenvalue weighted by Gasteiger charge is -2.43. The van der Waals surface area contributed by atoms with E-state index in [1.807, 2.05) is 0 Å². The maximum Gasteiger partial charge on any atom is 0.192 e. The van der Waals surface area contributed by atoms with E-state index in [2.05, 4.69) is 204 Å². The molecule has 0 aromatic heterocycles. The molecular formula is C68H106O6Si. The van der Waals surface area contributed by atoms with Crippen LogP contribution in [0.5, 0.6) is 11.5 Å². The summed E-state index contributed by atoms with van der Waals surface area (Å²) >= 11 is 0. The van der Waals surface area contributed by atoms with Gasteiger partial charge >= 0.3 is 0 Å². The number of hydrogen-bond acceptors (Lipinski definition) is 6. The zero-order valence-electron chi connectivity index (χ0n) is 51.0. The normalized spacial score (nSPS) is 17.7. The van der Waals surface area contributed by atoms with Gasteiger partial charge in [0.1, 0.15) is 24.7 Å². The average Bonchev–Trinajstić information content (AvgIpc) is 4.08. The second-order valence-electron chi connectivity index (χ2n) is 26.4. The Morgan fingerprint density at radius 1 is 0.533 bits per heavy atom. The summed E-state index contributed by atoms with van der Waals surface area (Å²) in [6, 6.07) is 27.8. The summed E-state index contributed by atoms with van der Waals surface area (Å²) in [6.45, 7) is 46.2. The Bertz CT molecular complexity index is 2390. The number of benzene rings is 4. The highest BCUT2D eigenvalue weighted by atomic mass is 28.4. The minimum Gasteiger partial charge on any atom is -0.491 e. The molecule has 0 bridgehead atoms. The van der Waals surface area contributed by atoms with E-state index in [1.165, 1.54) is 55.6 Å². The van der Waals surface area contributed by atoms with Crippen molar-refractivity contribution < 1.29 is 28.5 Å². The zero-order chi connectivity index (χ0) is 55.6. The molecule has 6 nitrogen and oxygen atoms in total. The van der Waals surface area contributed by atoms with Gasteiger partial charge in [0, 0.05) is 24.0 Å². The van der Waals surface area contributed by atoms with Crippen LogP contribution >= 0.6 is 0 Å². The van der Waals surface area contributed by atoms with Crippen molar-refractivity contribution >= 4 is 8.32 Å². The van der Waals surface area contributed by atoms with Gasteiger partial charge in [-0.25, -0.2) is 0 Å². The number of aryl methyl sites for hydroxylation is 6. The topological polar surface area (TPSA) is 66.4 Å². The molecule has 0 radical (unpaired) electrons. The highest BCUT2D eigenvalue weighted by Crippen LogP contribution is 2.44. The van der Waals surface area contributed by atoms with Crippen molar-refractivity contribution in [1.29, 1.82) is 0 Å². The van der Waals surface area contributed by atoms with Gasteiger partial charge in [0.15, 0.2) is 8.32 Å². The molecule has 0 spiro atoms. The Morgan fingerprint density at radius 2 is 0.907 bits per heavy atom. The van der Waals surface area contributed by atoms with Crippen molar-refractivity contribution in [3.8, 4) is 11.5 Å². The lowest BCUT2D eigenvalue weighted by Crippen LogP contribution is -2.47. The summed E-state index contributed by atoms with van der Waals surface area (Å²) in [6.07, 6.45) is 12.9. The number of aliphatic hydroxyl groups is 1. The molecule has 0 amide bonds. The smallest absolute Gasteiger partial charge is 0.192 e. The monoisotopic (exact) mass is 1050 g/mol. The quantitative estimate of drug-likeness (QED) is 0.0791. The molecule has 75 heavy (non-hydrogen) atoms. The van der Waals surface area contributed by atoms with Gasteiger partial charge in [0.2, 0.25) is 0 Å². The first-order valence-electron chi connectivity index (χ1n) is 29.4. The van der Waals surface area contributed by atoms with Crippen LogP contribution in [-0.4, -0.2) is 64.3 Å². The van der Waals surface area contributed by atoms with Crippen LogP contribution in [0.3, 0.4) is 0 Å². The summed E-state index contributed by atoms with van der Waals surface area (Å²) in [5, 5.41) is 10.7. The summed E-state index contributed by atoms with van der Waals surface area (Å²) in [4.78, 5) is 0. The Hall–Kier alpha value is -3.46. The van der Waals surface area contributed by atoms with Crippen LogP contribution in [0.25, 0.3) is 0 Å². The number of ether oxygens (including phenoxy) is 4. The van der Waals surface area contributed by atoms with E-state index < -0.39 is 8.32 Å². The first kappa shape index (κ1) is 62.4. The van der Waals surface area contributed by atoms with Gasteiger partial charge in [0.25, 0.3) is 0 Å². The molecule has 0 saturated carbocycles. The maximum absolute atomic E-state index is 10.5. The SMILES string of the molecule is CCC(CC)(c1ccc(CCC(O)C(C)(C)C)c(C)c1)c1ccc(OC[C@@H]2CCCO2)c(C)c1.CCC(CC)(c1ccc(CCC(O[Si](C)(C)C(C)(C)C)C(C)(C)C)c(C)c1)c1ccc(OC[C@@H]2CCCO2)c(C)c1.